The lowest BCUT2D eigenvalue weighted by atomic mass is 10.1. The zero-order valence-electron chi connectivity index (χ0n) is 7.54. The molecule has 0 amide bonds. The molecule has 70 valence electrons. The van der Waals surface area contributed by atoms with Crippen LogP contribution in [0.4, 0.5) is 0 Å². The van der Waals surface area contributed by atoms with Crippen LogP contribution >= 0.6 is 11.6 Å². The standard InChI is InChI=1S/C10H17ClO/c1-2-3-4-7-10(12)8-5-6-9-11/h5-6,8-10,12H,2-4,7H2,1H3/t10-/m0/s1. The summed E-state index contributed by atoms with van der Waals surface area (Å²) in [7, 11) is 0. The Morgan fingerprint density at radius 3 is 2.67 bits per heavy atom. The lowest BCUT2D eigenvalue weighted by Gasteiger charge is -2.02. The van der Waals surface area contributed by atoms with Gasteiger partial charge in [0.15, 0.2) is 0 Å². The minimum Gasteiger partial charge on any atom is -0.389 e. The van der Waals surface area contributed by atoms with Gasteiger partial charge in [-0.3, -0.25) is 0 Å². The van der Waals surface area contributed by atoms with Crippen molar-refractivity contribution in [3.8, 4) is 0 Å². The van der Waals surface area contributed by atoms with E-state index in [1.807, 2.05) is 0 Å². The summed E-state index contributed by atoms with van der Waals surface area (Å²) >= 11 is 5.30. The molecule has 0 bridgehead atoms. The van der Waals surface area contributed by atoms with Gasteiger partial charge in [-0.2, -0.15) is 0 Å². The van der Waals surface area contributed by atoms with Crippen molar-refractivity contribution in [1.82, 2.24) is 0 Å². The second kappa shape index (κ2) is 8.82. The largest absolute Gasteiger partial charge is 0.389 e. The quantitative estimate of drug-likeness (QED) is 0.501. The van der Waals surface area contributed by atoms with Gasteiger partial charge in [-0.05, 0) is 6.42 Å². The van der Waals surface area contributed by atoms with E-state index in [4.69, 9.17) is 11.6 Å². The first-order chi connectivity index (χ1) is 5.81. The highest BCUT2D eigenvalue weighted by atomic mass is 35.5. The topological polar surface area (TPSA) is 20.2 Å². The van der Waals surface area contributed by atoms with E-state index in [0.717, 1.165) is 12.8 Å². The Balaban J connectivity index is 3.38. The van der Waals surface area contributed by atoms with Gasteiger partial charge < -0.3 is 5.11 Å². The molecule has 0 saturated carbocycles. The molecule has 0 aliphatic rings. The molecular formula is C10H17ClO. The van der Waals surface area contributed by atoms with Gasteiger partial charge >= 0.3 is 0 Å². The summed E-state index contributed by atoms with van der Waals surface area (Å²) in [5, 5.41) is 9.34. The predicted molar refractivity (Wildman–Crippen MR) is 54.3 cm³/mol. The summed E-state index contributed by atoms with van der Waals surface area (Å²) in [6.07, 6.45) is 9.23. The lowest BCUT2D eigenvalue weighted by molar-refractivity contribution is 0.208. The SMILES string of the molecule is CCCCC[C@H](O)C=CC=CCl. The molecule has 0 saturated heterocycles. The molecule has 0 spiro atoms. The van der Waals surface area contributed by atoms with Gasteiger partial charge in [0.25, 0.3) is 0 Å². The molecular weight excluding hydrogens is 172 g/mol. The van der Waals surface area contributed by atoms with E-state index in [0.29, 0.717) is 0 Å². The summed E-state index contributed by atoms with van der Waals surface area (Å²) in [5.74, 6) is 0. The number of halogens is 1. The first kappa shape index (κ1) is 11.7. The second-order valence-electron chi connectivity index (χ2n) is 2.77. The van der Waals surface area contributed by atoms with Crippen LogP contribution in [-0.2, 0) is 0 Å². The highest BCUT2D eigenvalue weighted by Crippen LogP contribution is 2.04. The summed E-state index contributed by atoms with van der Waals surface area (Å²) in [4.78, 5) is 0. The number of allylic oxidation sites excluding steroid dienone is 2. The smallest absolute Gasteiger partial charge is 0.0723 e. The molecule has 0 heterocycles. The molecule has 1 nitrogen and oxygen atoms in total. The van der Waals surface area contributed by atoms with Crippen LogP contribution in [0.3, 0.4) is 0 Å². The molecule has 12 heavy (non-hydrogen) atoms. The Labute approximate surface area is 79.7 Å². The molecule has 0 unspecified atom stereocenters. The maximum Gasteiger partial charge on any atom is 0.0723 e. The van der Waals surface area contributed by atoms with E-state index < -0.39 is 0 Å². The Hall–Kier alpha value is -0.270. The van der Waals surface area contributed by atoms with E-state index in [-0.39, 0.29) is 6.10 Å². The van der Waals surface area contributed by atoms with Crippen molar-refractivity contribution in [2.45, 2.75) is 38.7 Å². The maximum atomic E-state index is 9.34. The van der Waals surface area contributed by atoms with Crippen molar-refractivity contribution >= 4 is 11.6 Å². The fourth-order valence-electron chi connectivity index (χ4n) is 0.934. The second-order valence-corrected chi connectivity index (χ2v) is 3.02. The van der Waals surface area contributed by atoms with Crippen molar-refractivity contribution in [3.63, 3.8) is 0 Å². The van der Waals surface area contributed by atoms with E-state index in [2.05, 4.69) is 6.92 Å². The molecule has 0 aromatic carbocycles. The molecule has 0 aliphatic carbocycles. The third kappa shape index (κ3) is 7.83. The van der Waals surface area contributed by atoms with Crippen LogP contribution in [0.15, 0.2) is 23.8 Å². The van der Waals surface area contributed by atoms with Crippen molar-refractivity contribution in [2.24, 2.45) is 0 Å². The highest BCUT2D eigenvalue weighted by Gasteiger charge is 1.96. The summed E-state index contributed by atoms with van der Waals surface area (Å²) in [5.41, 5.74) is 1.43. The van der Waals surface area contributed by atoms with Crippen LogP contribution < -0.4 is 0 Å². The van der Waals surface area contributed by atoms with Gasteiger partial charge in [0.2, 0.25) is 0 Å². The molecule has 0 rings (SSSR count). The molecule has 2 heteroatoms. The van der Waals surface area contributed by atoms with Crippen LogP contribution in [0.2, 0.25) is 0 Å². The Morgan fingerprint density at radius 2 is 2.08 bits per heavy atom. The third-order valence-corrected chi connectivity index (χ3v) is 1.77. The molecule has 0 fully saturated rings. The molecule has 0 aromatic heterocycles. The predicted octanol–water partition coefficient (Wildman–Crippen LogP) is 3.24. The van der Waals surface area contributed by atoms with Gasteiger partial charge in [0, 0.05) is 5.54 Å². The van der Waals surface area contributed by atoms with Crippen molar-refractivity contribution in [3.05, 3.63) is 23.8 Å². The number of hydrogen-bond donors (Lipinski definition) is 1. The van der Waals surface area contributed by atoms with Gasteiger partial charge in [-0.1, -0.05) is 56.0 Å². The van der Waals surface area contributed by atoms with Crippen LogP contribution in [-0.4, -0.2) is 11.2 Å². The summed E-state index contributed by atoms with van der Waals surface area (Å²) in [6, 6.07) is 0. The molecule has 0 aromatic rings. The van der Waals surface area contributed by atoms with E-state index in [1.165, 1.54) is 18.4 Å². The monoisotopic (exact) mass is 188 g/mol. The Bertz CT molecular complexity index is 141. The minimum absolute atomic E-state index is 0.315. The first-order valence-corrected chi connectivity index (χ1v) is 4.86. The summed E-state index contributed by atoms with van der Waals surface area (Å²) in [6.45, 7) is 2.15. The zero-order chi connectivity index (χ0) is 9.23. The number of hydrogen-bond acceptors (Lipinski definition) is 1. The summed E-state index contributed by atoms with van der Waals surface area (Å²) < 4.78 is 0. The minimum atomic E-state index is -0.315. The van der Waals surface area contributed by atoms with Gasteiger partial charge in [-0.25, -0.2) is 0 Å². The van der Waals surface area contributed by atoms with Crippen molar-refractivity contribution in [1.29, 1.82) is 0 Å². The van der Waals surface area contributed by atoms with Gasteiger partial charge in [0.1, 0.15) is 0 Å². The zero-order valence-corrected chi connectivity index (χ0v) is 8.30. The number of aliphatic hydroxyl groups excluding tert-OH is 1. The van der Waals surface area contributed by atoms with E-state index in [9.17, 15) is 5.11 Å². The average Bonchev–Trinajstić information content (AvgIpc) is 2.06. The molecule has 1 N–H and O–H groups in total. The number of rotatable bonds is 6. The lowest BCUT2D eigenvalue weighted by Crippen LogP contribution is -2.00. The number of aliphatic hydroxyl groups is 1. The van der Waals surface area contributed by atoms with E-state index >= 15 is 0 Å². The Kier molecular flexibility index (Phi) is 8.62. The highest BCUT2D eigenvalue weighted by molar-refractivity contribution is 6.25. The van der Waals surface area contributed by atoms with Crippen LogP contribution in [0.5, 0.6) is 0 Å². The fourth-order valence-corrected chi connectivity index (χ4v) is 1.02. The van der Waals surface area contributed by atoms with Gasteiger partial charge in [-0.15, -0.1) is 0 Å². The maximum absolute atomic E-state index is 9.34. The van der Waals surface area contributed by atoms with Crippen LogP contribution in [0.25, 0.3) is 0 Å². The third-order valence-electron chi connectivity index (χ3n) is 1.62. The molecule has 1 atom stereocenters. The average molecular weight is 189 g/mol. The molecule has 0 aliphatic heterocycles. The van der Waals surface area contributed by atoms with Crippen LogP contribution in [0.1, 0.15) is 32.6 Å². The first-order valence-electron chi connectivity index (χ1n) is 4.43. The Morgan fingerprint density at radius 1 is 1.33 bits per heavy atom. The van der Waals surface area contributed by atoms with Crippen LogP contribution in [0, 0.1) is 0 Å². The van der Waals surface area contributed by atoms with Gasteiger partial charge in [0.05, 0.1) is 6.10 Å². The van der Waals surface area contributed by atoms with Crippen molar-refractivity contribution in [2.75, 3.05) is 0 Å². The number of unbranched alkanes of at least 4 members (excludes halogenated alkanes) is 2. The van der Waals surface area contributed by atoms with Crippen molar-refractivity contribution < 1.29 is 5.11 Å². The molecule has 0 radical (unpaired) electrons. The normalized spacial score (nSPS) is 14.6. The fraction of sp³-hybridized carbons (Fsp3) is 0.600. The van der Waals surface area contributed by atoms with E-state index in [1.54, 1.807) is 18.2 Å².